The molecule has 1 aliphatic carbocycles. The lowest BCUT2D eigenvalue weighted by atomic mass is 9.33. The molecule has 56 heavy (non-hydrogen) atoms. The van der Waals surface area contributed by atoms with E-state index in [1.54, 1.807) is 0 Å². The van der Waals surface area contributed by atoms with Crippen LogP contribution in [0.1, 0.15) is 56.2 Å². The fourth-order valence-corrected chi connectivity index (χ4v) is 11.1. The molecule has 1 saturated carbocycles. The maximum Gasteiger partial charge on any atom is 0.252 e. The summed E-state index contributed by atoms with van der Waals surface area (Å²) in [4.78, 5) is 7.84. The SMILES string of the molecule is Cc1ccccc1N(c1ccc2c(c1)N(c1ccccc1)c1cccc3c1B2c1cccc2c1N3C1(C)CCCCC21C)c1cc(-c2ccccc2)ccc1C. The Morgan fingerprint density at radius 2 is 1.27 bits per heavy atom. The fourth-order valence-electron chi connectivity index (χ4n) is 11.1. The Morgan fingerprint density at radius 1 is 0.554 bits per heavy atom. The molecule has 4 heteroatoms. The molecule has 0 aromatic heterocycles. The van der Waals surface area contributed by atoms with E-state index in [0.29, 0.717) is 0 Å². The first-order chi connectivity index (χ1) is 27.4. The zero-order valence-corrected chi connectivity index (χ0v) is 32.8. The van der Waals surface area contributed by atoms with Gasteiger partial charge < -0.3 is 14.7 Å². The summed E-state index contributed by atoms with van der Waals surface area (Å²) in [6.07, 6.45) is 5.00. The minimum atomic E-state index is 0.0195. The van der Waals surface area contributed by atoms with Gasteiger partial charge >= 0.3 is 0 Å². The third-order valence-corrected chi connectivity index (χ3v) is 14.1. The van der Waals surface area contributed by atoms with Crippen LogP contribution in [0.5, 0.6) is 0 Å². The van der Waals surface area contributed by atoms with Crippen molar-refractivity contribution in [2.24, 2.45) is 0 Å². The third kappa shape index (κ3) is 4.53. The standard InChI is InChI=1S/C52H46BN3/c1-35-17-11-12-24-44(35)55(47-33-38(28-27-36(47)2)37-18-7-5-8-19-37)40-29-30-42-48(34-40)54(39-20-9-6-10-21-39)45-25-16-26-46-49(45)53(42)43-23-15-22-41-50(43)56(46)52(4)32-14-13-31-51(41,52)3/h5-12,15-30,33-34H,13-14,31-32H2,1-4H3. The molecule has 3 nitrogen and oxygen atoms in total. The van der Waals surface area contributed by atoms with Crippen LogP contribution >= 0.6 is 0 Å². The minimum absolute atomic E-state index is 0.0195. The molecule has 0 amide bonds. The summed E-state index contributed by atoms with van der Waals surface area (Å²) in [7, 11) is 0. The molecule has 1 fully saturated rings. The number of hydrogen-bond acceptors (Lipinski definition) is 3. The second-order valence-corrected chi connectivity index (χ2v) is 16.9. The van der Waals surface area contributed by atoms with Crippen LogP contribution in [0.2, 0.25) is 0 Å². The smallest absolute Gasteiger partial charge is 0.252 e. The van der Waals surface area contributed by atoms with Crippen LogP contribution in [-0.4, -0.2) is 12.3 Å². The Bertz CT molecular complexity index is 2690. The first-order valence-electron chi connectivity index (χ1n) is 20.4. The van der Waals surface area contributed by atoms with Crippen LogP contribution in [-0.2, 0) is 5.41 Å². The highest BCUT2D eigenvalue weighted by molar-refractivity contribution is 7.00. The predicted molar refractivity (Wildman–Crippen MR) is 238 cm³/mol. The average molecular weight is 724 g/mol. The molecule has 272 valence electrons. The second-order valence-electron chi connectivity index (χ2n) is 16.9. The summed E-state index contributed by atoms with van der Waals surface area (Å²) in [5, 5.41) is 0. The van der Waals surface area contributed by atoms with E-state index in [2.05, 4.69) is 200 Å². The highest BCUT2D eigenvalue weighted by Gasteiger charge is 2.61. The largest absolute Gasteiger partial charge is 0.335 e. The van der Waals surface area contributed by atoms with Gasteiger partial charge in [-0.25, -0.2) is 0 Å². The highest BCUT2D eigenvalue weighted by Crippen LogP contribution is 2.61. The lowest BCUT2D eigenvalue weighted by molar-refractivity contribution is 0.195. The van der Waals surface area contributed by atoms with Crippen LogP contribution in [0.4, 0.5) is 45.5 Å². The van der Waals surface area contributed by atoms with Crippen molar-refractivity contribution >= 4 is 68.6 Å². The number of para-hydroxylation sites is 3. The van der Waals surface area contributed by atoms with Gasteiger partial charge in [-0.05, 0) is 126 Å². The van der Waals surface area contributed by atoms with Crippen LogP contribution in [0.15, 0.2) is 158 Å². The Kier molecular flexibility index (Phi) is 7.30. The van der Waals surface area contributed by atoms with Crippen molar-refractivity contribution < 1.29 is 0 Å². The normalized spacial score (nSPS) is 19.9. The number of aryl methyl sites for hydroxylation is 2. The van der Waals surface area contributed by atoms with E-state index in [9.17, 15) is 0 Å². The molecule has 7 aromatic rings. The van der Waals surface area contributed by atoms with Gasteiger partial charge in [0.2, 0.25) is 0 Å². The van der Waals surface area contributed by atoms with E-state index in [1.165, 1.54) is 110 Å². The molecule has 4 aliphatic rings. The first-order valence-corrected chi connectivity index (χ1v) is 20.4. The first kappa shape index (κ1) is 33.4. The van der Waals surface area contributed by atoms with Crippen molar-refractivity contribution in [3.05, 3.63) is 174 Å². The number of benzene rings is 7. The molecular formula is C52H46BN3. The van der Waals surface area contributed by atoms with Crippen molar-refractivity contribution in [3.8, 4) is 11.1 Å². The average Bonchev–Trinajstić information content (AvgIpc) is 3.45. The van der Waals surface area contributed by atoms with E-state index in [-0.39, 0.29) is 17.7 Å². The minimum Gasteiger partial charge on any atom is -0.335 e. The molecule has 0 radical (unpaired) electrons. The monoisotopic (exact) mass is 723 g/mol. The molecule has 0 N–H and O–H groups in total. The number of anilines is 8. The van der Waals surface area contributed by atoms with Crippen molar-refractivity contribution in [3.63, 3.8) is 0 Å². The maximum atomic E-state index is 2.80. The van der Waals surface area contributed by atoms with Crippen LogP contribution in [0, 0.1) is 13.8 Å². The van der Waals surface area contributed by atoms with Gasteiger partial charge in [0.15, 0.2) is 0 Å². The highest BCUT2D eigenvalue weighted by atomic mass is 15.3. The number of hydrogen-bond donors (Lipinski definition) is 0. The molecule has 11 rings (SSSR count). The van der Waals surface area contributed by atoms with Gasteiger partial charge in [-0.3, -0.25) is 0 Å². The molecule has 2 atom stereocenters. The molecule has 0 bridgehead atoms. The lowest BCUT2D eigenvalue weighted by Gasteiger charge is -2.52. The summed E-state index contributed by atoms with van der Waals surface area (Å²) >= 11 is 0. The van der Waals surface area contributed by atoms with Crippen molar-refractivity contribution in [1.29, 1.82) is 0 Å². The Morgan fingerprint density at radius 3 is 2.09 bits per heavy atom. The summed E-state index contributed by atoms with van der Waals surface area (Å²) in [6.45, 7) is 9.71. The van der Waals surface area contributed by atoms with Crippen molar-refractivity contribution in [2.75, 3.05) is 14.7 Å². The van der Waals surface area contributed by atoms with Gasteiger partial charge in [-0.15, -0.1) is 0 Å². The van der Waals surface area contributed by atoms with E-state index in [4.69, 9.17) is 0 Å². The lowest BCUT2D eigenvalue weighted by Crippen LogP contribution is -2.64. The quantitative estimate of drug-likeness (QED) is 0.164. The summed E-state index contributed by atoms with van der Waals surface area (Å²) in [6, 6.07) is 59.1. The maximum absolute atomic E-state index is 2.80. The number of rotatable bonds is 5. The van der Waals surface area contributed by atoms with Gasteiger partial charge in [0, 0.05) is 50.9 Å². The zero-order valence-electron chi connectivity index (χ0n) is 32.8. The Balaban J connectivity index is 1.17. The van der Waals surface area contributed by atoms with Crippen molar-refractivity contribution in [1.82, 2.24) is 0 Å². The Hall–Kier alpha value is -6.00. The molecular weight excluding hydrogens is 677 g/mol. The van der Waals surface area contributed by atoms with Gasteiger partial charge in [0.1, 0.15) is 0 Å². The molecule has 3 heterocycles. The van der Waals surface area contributed by atoms with Crippen LogP contribution in [0.25, 0.3) is 11.1 Å². The Labute approximate surface area is 332 Å². The molecule has 0 saturated heterocycles. The van der Waals surface area contributed by atoms with E-state index >= 15 is 0 Å². The van der Waals surface area contributed by atoms with E-state index in [0.717, 1.165) is 5.69 Å². The summed E-state index contributed by atoms with van der Waals surface area (Å²) in [5.41, 5.74) is 20.8. The molecule has 7 aromatic carbocycles. The van der Waals surface area contributed by atoms with E-state index in [1.807, 2.05) is 0 Å². The van der Waals surface area contributed by atoms with Gasteiger partial charge in [0.25, 0.3) is 6.71 Å². The topological polar surface area (TPSA) is 9.72 Å². The molecule has 2 unspecified atom stereocenters. The zero-order chi connectivity index (χ0) is 37.8. The van der Waals surface area contributed by atoms with Crippen LogP contribution < -0.4 is 31.1 Å². The summed E-state index contributed by atoms with van der Waals surface area (Å²) < 4.78 is 0. The van der Waals surface area contributed by atoms with Crippen molar-refractivity contribution in [2.45, 2.75) is 64.3 Å². The predicted octanol–water partition coefficient (Wildman–Crippen LogP) is 11.8. The summed E-state index contributed by atoms with van der Waals surface area (Å²) in [5.74, 6) is 0. The van der Waals surface area contributed by atoms with Gasteiger partial charge in [-0.1, -0.05) is 129 Å². The molecule has 3 aliphatic heterocycles. The van der Waals surface area contributed by atoms with Gasteiger partial charge in [-0.2, -0.15) is 0 Å². The van der Waals surface area contributed by atoms with E-state index < -0.39 is 0 Å². The van der Waals surface area contributed by atoms with Crippen LogP contribution in [0.3, 0.4) is 0 Å². The second kappa shape index (κ2) is 12.3. The number of fused-ring (bicyclic) bond motifs is 7. The number of nitrogens with zero attached hydrogens (tertiary/aromatic N) is 3. The fraction of sp³-hybridized carbons (Fsp3) is 0.192. The van der Waals surface area contributed by atoms with Gasteiger partial charge in [0.05, 0.1) is 5.54 Å². The third-order valence-electron chi connectivity index (χ3n) is 14.1. The molecule has 0 spiro atoms.